The molecule has 0 aliphatic heterocycles. The average Bonchev–Trinajstić information content (AvgIpc) is 2.51. The van der Waals surface area contributed by atoms with Gasteiger partial charge in [0.2, 0.25) is 0 Å². The molecular formula is C11H16ClNO. The first-order chi connectivity index (χ1) is 6.72. The summed E-state index contributed by atoms with van der Waals surface area (Å²) in [5, 5.41) is 3.77. The van der Waals surface area contributed by atoms with Crippen molar-refractivity contribution in [3.05, 3.63) is 22.6 Å². The number of hydrogen-bond donors (Lipinski definition) is 1. The largest absolute Gasteiger partial charge is 0.449 e. The second-order valence-electron chi connectivity index (χ2n) is 4.11. The Labute approximate surface area is 89.6 Å². The van der Waals surface area contributed by atoms with Crippen LogP contribution in [-0.4, -0.2) is 13.6 Å². The van der Waals surface area contributed by atoms with Crippen LogP contribution in [-0.2, 0) is 6.42 Å². The Morgan fingerprint density at radius 1 is 1.64 bits per heavy atom. The number of hydrogen-bond acceptors (Lipinski definition) is 2. The molecule has 1 aliphatic rings. The van der Waals surface area contributed by atoms with Crippen LogP contribution >= 0.6 is 11.6 Å². The molecule has 14 heavy (non-hydrogen) atoms. The van der Waals surface area contributed by atoms with E-state index in [2.05, 4.69) is 12.2 Å². The number of likely N-dealkylation sites (N-methyl/N-ethyl adjacent to an activating group) is 1. The smallest absolute Gasteiger partial charge is 0.193 e. The quantitative estimate of drug-likeness (QED) is 0.818. The number of aryl methyl sites for hydroxylation is 1. The lowest BCUT2D eigenvalue weighted by Crippen LogP contribution is -2.26. The van der Waals surface area contributed by atoms with Crippen molar-refractivity contribution < 1.29 is 4.42 Å². The molecule has 0 saturated heterocycles. The minimum Gasteiger partial charge on any atom is -0.449 e. The van der Waals surface area contributed by atoms with E-state index in [1.807, 2.05) is 13.1 Å². The standard InChI is InChI=1S/C11H16ClNO/c1-7-3-4-10-8(5-11(12)14-10)9(7)6-13-2/h5,7,9,13H,3-4,6H2,1-2H3. The Kier molecular flexibility index (Phi) is 2.84. The Hall–Kier alpha value is -0.470. The van der Waals surface area contributed by atoms with E-state index in [9.17, 15) is 0 Å². The summed E-state index contributed by atoms with van der Waals surface area (Å²) in [5.41, 5.74) is 1.31. The summed E-state index contributed by atoms with van der Waals surface area (Å²) < 4.78 is 5.47. The Morgan fingerprint density at radius 3 is 3.14 bits per heavy atom. The van der Waals surface area contributed by atoms with E-state index in [1.165, 1.54) is 12.0 Å². The maximum absolute atomic E-state index is 5.88. The highest BCUT2D eigenvalue weighted by Gasteiger charge is 2.28. The fourth-order valence-electron chi connectivity index (χ4n) is 2.32. The summed E-state index contributed by atoms with van der Waals surface area (Å²) in [6.45, 7) is 3.30. The van der Waals surface area contributed by atoms with Crippen LogP contribution in [0, 0.1) is 5.92 Å². The van der Waals surface area contributed by atoms with Gasteiger partial charge in [0.1, 0.15) is 5.76 Å². The molecule has 78 valence electrons. The van der Waals surface area contributed by atoms with Crippen molar-refractivity contribution in [1.82, 2.24) is 5.32 Å². The summed E-state index contributed by atoms with van der Waals surface area (Å²) in [6.07, 6.45) is 2.23. The first kappa shape index (κ1) is 10.1. The monoisotopic (exact) mass is 213 g/mol. The van der Waals surface area contributed by atoms with Crippen molar-refractivity contribution in [3.63, 3.8) is 0 Å². The number of rotatable bonds is 2. The molecule has 0 aromatic carbocycles. The first-order valence-electron chi connectivity index (χ1n) is 5.15. The van der Waals surface area contributed by atoms with Crippen LogP contribution in [0.4, 0.5) is 0 Å². The summed E-state index contributed by atoms with van der Waals surface area (Å²) in [4.78, 5) is 0. The van der Waals surface area contributed by atoms with Crippen LogP contribution in [0.25, 0.3) is 0 Å². The second kappa shape index (κ2) is 3.95. The van der Waals surface area contributed by atoms with E-state index < -0.39 is 0 Å². The zero-order valence-corrected chi connectivity index (χ0v) is 9.40. The number of furan rings is 1. The van der Waals surface area contributed by atoms with Gasteiger partial charge in [0.25, 0.3) is 0 Å². The van der Waals surface area contributed by atoms with Crippen molar-refractivity contribution in [2.24, 2.45) is 5.92 Å². The van der Waals surface area contributed by atoms with Gasteiger partial charge in [-0.05, 0) is 42.6 Å². The summed E-state index contributed by atoms with van der Waals surface area (Å²) in [7, 11) is 1.99. The predicted octanol–water partition coefficient (Wildman–Crippen LogP) is 2.82. The second-order valence-corrected chi connectivity index (χ2v) is 4.48. The van der Waals surface area contributed by atoms with Gasteiger partial charge in [-0.2, -0.15) is 0 Å². The van der Waals surface area contributed by atoms with Crippen LogP contribution in [0.3, 0.4) is 0 Å². The molecule has 1 aliphatic carbocycles. The first-order valence-corrected chi connectivity index (χ1v) is 5.53. The van der Waals surface area contributed by atoms with E-state index in [4.69, 9.17) is 16.0 Å². The summed E-state index contributed by atoms with van der Waals surface area (Å²) in [6, 6.07) is 1.98. The van der Waals surface area contributed by atoms with Crippen LogP contribution < -0.4 is 5.32 Å². The predicted molar refractivity (Wildman–Crippen MR) is 57.9 cm³/mol. The third-order valence-corrected chi connectivity index (χ3v) is 3.34. The molecule has 1 N–H and O–H groups in total. The van der Waals surface area contributed by atoms with E-state index in [0.717, 1.165) is 18.7 Å². The lowest BCUT2D eigenvalue weighted by atomic mass is 9.79. The molecule has 0 amide bonds. The lowest BCUT2D eigenvalue weighted by molar-refractivity contribution is 0.360. The molecule has 0 saturated carbocycles. The van der Waals surface area contributed by atoms with Gasteiger partial charge in [-0.3, -0.25) is 0 Å². The van der Waals surface area contributed by atoms with Gasteiger partial charge in [-0.15, -0.1) is 0 Å². The van der Waals surface area contributed by atoms with E-state index >= 15 is 0 Å². The maximum atomic E-state index is 5.88. The molecular weight excluding hydrogens is 198 g/mol. The minimum atomic E-state index is 0.533. The van der Waals surface area contributed by atoms with Crippen molar-refractivity contribution >= 4 is 11.6 Å². The molecule has 0 bridgehead atoms. The molecule has 2 unspecified atom stereocenters. The van der Waals surface area contributed by atoms with Gasteiger partial charge >= 0.3 is 0 Å². The lowest BCUT2D eigenvalue weighted by Gasteiger charge is -2.27. The van der Waals surface area contributed by atoms with Crippen LogP contribution in [0.1, 0.15) is 30.6 Å². The molecule has 0 spiro atoms. The Morgan fingerprint density at radius 2 is 2.43 bits per heavy atom. The molecule has 2 atom stereocenters. The molecule has 2 nitrogen and oxygen atoms in total. The van der Waals surface area contributed by atoms with E-state index in [-0.39, 0.29) is 0 Å². The third-order valence-electron chi connectivity index (χ3n) is 3.15. The molecule has 0 fully saturated rings. The van der Waals surface area contributed by atoms with Crippen LogP contribution in [0.5, 0.6) is 0 Å². The molecule has 3 heteroatoms. The van der Waals surface area contributed by atoms with Gasteiger partial charge in [-0.25, -0.2) is 0 Å². The normalized spacial score (nSPS) is 26.2. The highest BCUT2D eigenvalue weighted by atomic mass is 35.5. The van der Waals surface area contributed by atoms with Gasteiger partial charge in [0.05, 0.1) is 0 Å². The third kappa shape index (κ3) is 1.69. The number of halogens is 1. The molecule has 2 rings (SSSR count). The van der Waals surface area contributed by atoms with Crippen molar-refractivity contribution in [3.8, 4) is 0 Å². The van der Waals surface area contributed by atoms with Crippen molar-refractivity contribution in [2.75, 3.05) is 13.6 Å². The summed E-state index contributed by atoms with van der Waals surface area (Å²) >= 11 is 5.88. The summed E-state index contributed by atoms with van der Waals surface area (Å²) in [5.74, 6) is 2.36. The Balaban J connectivity index is 2.30. The van der Waals surface area contributed by atoms with Gasteiger partial charge in [-0.1, -0.05) is 6.92 Å². The maximum Gasteiger partial charge on any atom is 0.193 e. The van der Waals surface area contributed by atoms with E-state index in [0.29, 0.717) is 17.1 Å². The van der Waals surface area contributed by atoms with Crippen molar-refractivity contribution in [1.29, 1.82) is 0 Å². The number of fused-ring (bicyclic) bond motifs is 1. The average molecular weight is 214 g/mol. The highest BCUT2D eigenvalue weighted by molar-refractivity contribution is 6.28. The topological polar surface area (TPSA) is 25.2 Å². The van der Waals surface area contributed by atoms with Crippen LogP contribution in [0.15, 0.2) is 10.5 Å². The van der Waals surface area contributed by atoms with Crippen molar-refractivity contribution in [2.45, 2.75) is 25.7 Å². The SMILES string of the molecule is CNCC1c2cc(Cl)oc2CCC1C. The molecule has 1 aromatic heterocycles. The fourth-order valence-corrected chi connectivity index (χ4v) is 2.53. The van der Waals surface area contributed by atoms with E-state index in [1.54, 1.807) is 0 Å². The zero-order valence-electron chi connectivity index (χ0n) is 8.64. The minimum absolute atomic E-state index is 0.533. The number of nitrogens with one attached hydrogen (secondary N) is 1. The molecule has 0 radical (unpaired) electrons. The van der Waals surface area contributed by atoms with Gasteiger partial charge < -0.3 is 9.73 Å². The fraction of sp³-hybridized carbons (Fsp3) is 0.636. The molecule has 1 aromatic rings. The molecule has 1 heterocycles. The van der Waals surface area contributed by atoms with Gasteiger partial charge in [0.15, 0.2) is 5.22 Å². The highest BCUT2D eigenvalue weighted by Crippen LogP contribution is 2.38. The zero-order chi connectivity index (χ0) is 10.1. The Bertz CT molecular complexity index is 321. The van der Waals surface area contributed by atoms with Gasteiger partial charge in [0, 0.05) is 18.9 Å². The van der Waals surface area contributed by atoms with Crippen LogP contribution in [0.2, 0.25) is 5.22 Å².